The van der Waals surface area contributed by atoms with Crippen molar-refractivity contribution in [2.24, 2.45) is 5.41 Å². The predicted molar refractivity (Wildman–Crippen MR) is 69.2 cm³/mol. The Balaban J connectivity index is 2.28. The molecule has 1 unspecified atom stereocenters. The molecule has 0 saturated heterocycles. The van der Waals surface area contributed by atoms with Gasteiger partial charge in [0, 0.05) is 18.8 Å². The topological polar surface area (TPSA) is 37.0 Å². The Morgan fingerprint density at radius 1 is 1.44 bits per heavy atom. The van der Waals surface area contributed by atoms with Gasteiger partial charge in [0.2, 0.25) is 0 Å². The summed E-state index contributed by atoms with van der Waals surface area (Å²) in [6.07, 6.45) is 2.76. The molecule has 0 aromatic carbocycles. The lowest BCUT2D eigenvalue weighted by molar-refractivity contribution is 0.332. The number of rotatable bonds is 0. The van der Waals surface area contributed by atoms with Crippen molar-refractivity contribution >= 4 is 23.1 Å². The van der Waals surface area contributed by atoms with Crippen molar-refractivity contribution in [2.45, 2.75) is 33.2 Å². The fourth-order valence-electron chi connectivity index (χ4n) is 1.93. The molecule has 2 rings (SSSR count). The van der Waals surface area contributed by atoms with Gasteiger partial charge in [0.05, 0.1) is 10.7 Å². The van der Waals surface area contributed by atoms with Crippen LogP contribution in [0.1, 0.15) is 27.2 Å². The molecule has 2 heterocycles. The Bertz CT molecular complexity index is 384. The predicted octanol–water partition coefficient (Wildman–Crippen LogP) is 3.38. The summed E-state index contributed by atoms with van der Waals surface area (Å²) in [6, 6.07) is 2.34. The first-order valence-electron chi connectivity index (χ1n) is 5.63. The number of nitrogens with one attached hydrogen (secondary N) is 2. The largest absolute Gasteiger partial charge is 0.382 e. The minimum absolute atomic E-state index is 0.227. The first kappa shape index (κ1) is 11.5. The van der Waals surface area contributed by atoms with Gasteiger partial charge in [-0.2, -0.15) is 0 Å². The molecule has 0 fully saturated rings. The minimum Gasteiger partial charge on any atom is -0.382 e. The van der Waals surface area contributed by atoms with Crippen molar-refractivity contribution in [1.29, 1.82) is 0 Å². The Labute approximate surface area is 102 Å². The van der Waals surface area contributed by atoms with E-state index in [9.17, 15) is 0 Å². The highest BCUT2D eigenvalue weighted by Gasteiger charge is 2.27. The van der Waals surface area contributed by atoms with Crippen LogP contribution in [-0.2, 0) is 0 Å². The van der Waals surface area contributed by atoms with Gasteiger partial charge in [-0.3, -0.25) is 0 Å². The van der Waals surface area contributed by atoms with Crippen LogP contribution in [0.2, 0.25) is 5.02 Å². The number of anilines is 2. The lowest BCUT2D eigenvalue weighted by Gasteiger charge is -2.30. The van der Waals surface area contributed by atoms with E-state index in [4.69, 9.17) is 11.6 Å². The van der Waals surface area contributed by atoms with Gasteiger partial charge in [0.25, 0.3) is 0 Å². The fraction of sp³-hybridized carbons (Fsp3) is 0.583. The Morgan fingerprint density at radius 2 is 2.19 bits per heavy atom. The molecule has 0 saturated carbocycles. The molecule has 1 aliphatic heterocycles. The third kappa shape index (κ3) is 2.40. The zero-order valence-electron chi connectivity index (χ0n) is 9.97. The van der Waals surface area contributed by atoms with Crippen LogP contribution >= 0.6 is 11.6 Å². The van der Waals surface area contributed by atoms with E-state index in [0.717, 1.165) is 24.5 Å². The van der Waals surface area contributed by atoms with Crippen LogP contribution in [0.25, 0.3) is 0 Å². The zero-order valence-corrected chi connectivity index (χ0v) is 10.7. The molecule has 0 bridgehead atoms. The average Bonchev–Trinajstić information content (AvgIpc) is 2.38. The number of hydrogen-bond donors (Lipinski definition) is 2. The summed E-state index contributed by atoms with van der Waals surface area (Å²) in [5.41, 5.74) is 1.23. The fourth-order valence-corrected chi connectivity index (χ4v) is 2.08. The van der Waals surface area contributed by atoms with Crippen LogP contribution in [0.5, 0.6) is 0 Å². The number of pyridine rings is 1. The lowest BCUT2D eigenvalue weighted by atomic mass is 9.85. The molecule has 1 aliphatic rings. The van der Waals surface area contributed by atoms with Gasteiger partial charge < -0.3 is 10.6 Å². The molecule has 1 aromatic heterocycles. The highest BCUT2D eigenvalue weighted by Crippen LogP contribution is 2.31. The van der Waals surface area contributed by atoms with Crippen molar-refractivity contribution in [3.8, 4) is 0 Å². The van der Waals surface area contributed by atoms with E-state index in [2.05, 4.69) is 36.4 Å². The number of fused-ring (bicyclic) bond motifs is 1. The summed E-state index contributed by atoms with van der Waals surface area (Å²) in [7, 11) is 0. The molecule has 16 heavy (non-hydrogen) atoms. The van der Waals surface area contributed by atoms with Crippen LogP contribution in [-0.4, -0.2) is 17.6 Å². The van der Waals surface area contributed by atoms with Crippen LogP contribution < -0.4 is 10.6 Å². The second kappa shape index (κ2) is 4.13. The van der Waals surface area contributed by atoms with E-state index in [-0.39, 0.29) is 5.41 Å². The zero-order chi connectivity index (χ0) is 11.8. The second-order valence-electron chi connectivity index (χ2n) is 5.33. The first-order valence-corrected chi connectivity index (χ1v) is 6.00. The van der Waals surface area contributed by atoms with E-state index >= 15 is 0 Å². The molecule has 3 nitrogen and oxygen atoms in total. The summed E-state index contributed by atoms with van der Waals surface area (Å²) in [6.45, 7) is 7.67. The Hall–Kier alpha value is -0.960. The van der Waals surface area contributed by atoms with E-state index < -0.39 is 0 Å². The number of halogens is 1. The Kier molecular flexibility index (Phi) is 2.98. The average molecular weight is 240 g/mol. The third-order valence-electron chi connectivity index (χ3n) is 2.96. The monoisotopic (exact) mass is 239 g/mol. The SMILES string of the molecule is CC(C)(C)C1CCNc2cc(Cl)cnc2N1. The van der Waals surface area contributed by atoms with Crippen molar-refractivity contribution in [3.63, 3.8) is 0 Å². The lowest BCUT2D eigenvalue weighted by Crippen LogP contribution is -2.34. The standard InChI is InChI=1S/C12H18ClN3/c1-12(2,3)10-4-5-14-9-6-8(13)7-15-11(9)16-10/h6-7,10,14H,4-5H2,1-3H3,(H,15,16). The van der Waals surface area contributed by atoms with Gasteiger partial charge in [-0.1, -0.05) is 32.4 Å². The van der Waals surface area contributed by atoms with Crippen LogP contribution in [0.3, 0.4) is 0 Å². The van der Waals surface area contributed by atoms with Gasteiger partial charge in [-0.25, -0.2) is 4.98 Å². The first-order chi connectivity index (χ1) is 7.47. The molecule has 1 aromatic rings. The van der Waals surface area contributed by atoms with E-state index in [1.54, 1.807) is 6.20 Å². The van der Waals surface area contributed by atoms with E-state index in [0.29, 0.717) is 11.1 Å². The van der Waals surface area contributed by atoms with Gasteiger partial charge in [0.1, 0.15) is 5.82 Å². The van der Waals surface area contributed by atoms with Gasteiger partial charge in [-0.05, 0) is 17.9 Å². The maximum atomic E-state index is 5.93. The summed E-state index contributed by atoms with van der Waals surface area (Å²) in [5, 5.41) is 7.52. The molecule has 88 valence electrons. The quantitative estimate of drug-likeness (QED) is 0.729. The van der Waals surface area contributed by atoms with Gasteiger partial charge in [0.15, 0.2) is 0 Å². The molecular formula is C12H18ClN3. The van der Waals surface area contributed by atoms with Gasteiger partial charge >= 0.3 is 0 Å². The second-order valence-corrected chi connectivity index (χ2v) is 5.76. The summed E-state index contributed by atoms with van der Waals surface area (Å²) in [4.78, 5) is 4.34. The smallest absolute Gasteiger partial charge is 0.149 e. The number of aromatic nitrogens is 1. The molecule has 0 spiro atoms. The normalized spacial score (nSPS) is 20.4. The Morgan fingerprint density at radius 3 is 2.88 bits per heavy atom. The third-order valence-corrected chi connectivity index (χ3v) is 3.17. The maximum absolute atomic E-state index is 5.93. The molecular weight excluding hydrogens is 222 g/mol. The maximum Gasteiger partial charge on any atom is 0.149 e. The molecule has 1 atom stereocenters. The molecule has 0 amide bonds. The van der Waals surface area contributed by atoms with Crippen molar-refractivity contribution in [1.82, 2.24) is 4.98 Å². The van der Waals surface area contributed by atoms with Gasteiger partial charge in [-0.15, -0.1) is 0 Å². The molecule has 0 aliphatic carbocycles. The summed E-state index contributed by atoms with van der Waals surface area (Å²) >= 11 is 5.93. The number of nitrogens with zero attached hydrogens (tertiary/aromatic N) is 1. The van der Waals surface area contributed by atoms with Crippen LogP contribution in [0.4, 0.5) is 11.5 Å². The molecule has 2 N–H and O–H groups in total. The minimum atomic E-state index is 0.227. The summed E-state index contributed by atoms with van der Waals surface area (Å²) < 4.78 is 0. The molecule has 0 radical (unpaired) electrons. The van der Waals surface area contributed by atoms with Crippen molar-refractivity contribution in [2.75, 3.05) is 17.2 Å². The van der Waals surface area contributed by atoms with Crippen molar-refractivity contribution in [3.05, 3.63) is 17.3 Å². The van der Waals surface area contributed by atoms with Crippen LogP contribution in [0.15, 0.2) is 12.3 Å². The number of hydrogen-bond acceptors (Lipinski definition) is 3. The van der Waals surface area contributed by atoms with E-state index in [1.165, 1.54) is 0 Å². The molecule has 4 heteroatoms. The van der Waals surface area contributed by atoms with Crippen molar-refractivity contribution < 1.29 is 0 Å². The summed E-state index contributed by atoms with van der Waals surface area (Å²) in [5.74, 6) is 0.904. The van der Waals surface area contributed by atoms with E-state index in [1.807, 2.05) is 6.07 Å². The highest BCUT2D eigenvalue weighted by molar-refractivity contribution is 6.30. The highest BCUT2D eigenvalue weighted by atomic mass is 35.5. The van der Waals surface area contributed by atoms with Crippen LogP contribution in [0, 0.1) is 5.41 Å².